The maximum absolute atomic E-state index is 8.90. The summed E-state index contributed by atoms with van der Waals surface area (Å²) >= 11 is 0. The molecule has 0 amide bonds. The molecular formula is C22H16N4O2. The van der Waals surface area contributed by atoms with Crippen molar-refractivity contribution in [1.29, 1.82) is 5.26 Å². The van der Waals surface area contributed by atoms with E-state index in [4.69, 9.17) is 14.7 Å². The summed E-state index contributed by atoms with van der Waals surface area (Å²) in [5, 5.41) is 16.1. The van der Waals surface area contributed by atoms with Crippen molar-refractivity contribution in [2.45, 2.75) is 6.61 Å². The summed E-state index contributed by atoms with van der Waals surface area (Å²) in [6, 6.07) is 20.7. The Labute approximate surface area is 162 Å². The van der Waals surface area contributed by atoms with Gasteiger partial charge < -0.3 is 9.47 Å². The van der Waals surface area contributed by atoms with Gasteiger partial charge in [-0.3, -0.25) is 10.1 Å². The fourth-order valence-corrected chi connectivity index (χ4v) is 2.70. The summed E-state index contributed by atoms with van der Waals surface area (Å²) in [5.41, 5.74) is 3.21. The van der Waals surface area contributed by atoms with Gasteiger partial charge in [0, 0.05) is 11.8 Å². The van der Waals surface area contributed by atoms with Gasteiger partial charge in [-0.15, -0.1) is 0 Å². The number of ether oxygens (including phenoxy) is 2. The summed E-state index contributed by atoms with van der Waals surface area (Å²) in [7, 11) is 0. The largest absolute Gasteiger partial charge is 0.487 e. The van der Waals surface area contributed by atoms with Crippen LogP contribution in [0.25, 0.3) is 11.3 Å². The standard InChI is InChI=1S/C22H16N4O2/c23-12-16-6-8-19(9-7-16)28-21-14-25-26-22(21)18-4-1-3-17(11-18)15-27-20-5-2-10-24-13-20/h1-11,13-14H,15H2,(H,25,26). The first-order valence-corrected chi connectivity index (χ1v) is 8.66. The van der Waals surface area contributed by atoms with E-state index in [-0.39, 0.29) is 0 Å². The molecule has 0 saturated carbocycles. The van der Waals surface area contributed by atoms with Crippen LogP contribution in [0.4, 0.5) is 0 Å². The molecule has 0 saturated heterocycles. The third kappa shape index (κ3) is 4.00. The number of aromatic nitrogens is 3. The van der Waals surface area contributed by atoms with E-state index in [1.165, 1.54) is 0 Å². The molecule has 4 aromatic rings. The molecule has 2 aromatic carbocycles. The number of nitriles is 1. The molecule has 0 fully saturated rings. The highest BCUT2D eigenvalue weighted by atomic mass is 16.5. The van der Waals surface area contributed by atoms with Crippen LogP contribution in [0.3, 0.4) is 0 Å². The Morgan fingerprint density at radius 1 is 1.00 bits per heavy atom. The van der Waals surface area contributed by atoms with E-state index in [0.717, 1.165) is 16.9 Å². The molecule has 6 heteroatoms. The molecule has 2 heterocycles. The molecule has 0 aliphatic rings. The Morgan fingerprint density at radius 2 is 1.89 bits per heavy atom. The second kappa shape index (κ2) is 8.06. The zero-order chi connectivity index (χ0) is 19.2. The third-order valence-electron chi connectivity index (χ3n) is 4.06. The van der Waals surface area contributed by atoms with Gasteiger partial charge in [0.2, 0.25) is 0 Å². The smallest absolute Gasteiger partial charge is 0.173 e. The Hall–Kier alpha value is -4.11. The molecule has 4 rings (SSSR count). The molecule has 28 heavy (non-hydrogen) atoms. The SMILES string of the molecule is N#Cc1ccc(Oc2c[nH]nc2-c2cccc(COc3cccnc3)c2)cc1. The van der Waals surface area contributed by atoms with Crippen LogP contribution in [0.1, 0.15) is 11.1 Å². The second-order valence-electron chi connectivity index (χ2n) is 6.01. The van der Waals surface area contributed by atoms with Crippen LogP contribution < -0.4 is 9.47 Å². The number of nitrogens with zero attached hydrogens (tertiary/aromatic N) is 3. The summed E-state index contributed by atoms with van der Waals surface area (Å²) < 4.78 is 11.7. The van der Waals surface area contributed by atoms with Crippen LogP contribution in [-0.4, -0.2) is 15.2 Å². The van der Waals surface area contributed by atoms with Crippen LogP contribution >= 0.6 is 0 Å². The zero-order valence-corrected chi connectivity index (χ0v) is 14.9. The average Bonchev–Trinajstić information content (AvgIpc) is 3.22. The van der Waals surface area contributed by atoms with Crippen LogP contribution in [0.2, 0.25) is 0 Å². The number of pyridine rings is 1. The van der Waals surface area contributed by atoms with E-state index in [1.807, 2.05) is 36.4 Å². The van der Waals surface area contributed by atoms with Gasteiger partial charge in [0.05, 0.1) is 24.0 Å². The lowest BCUT2D eigenvalue weighted by molar-refractivity contribution is 0.305. The number of nitrogens with one attached hydrogen (secondary N) is 1. The van der Waals surface area contributed by atoms with Crippen LogP contribution in [0.5, 0.6) is 17.2 Å². The molecule has 0 aliphatic carbocycles. The van der Waals surface area contributed by atoms with Crippen LogP contribution in [-0.2, 0) is 6.61 Å². The van der Waals surface area contributed by atoms with Gasteiger partial charge in [0.25, 0.3) is 0 Å². The molecule has 0 bridgehead atoms. The van der Waals surface area contributed by atoms with E-state index in [1.54, 1.807) is 42.9 Å². The van der Waals surface area contributed by atoms with E-state index in [9.17, 15) is 0 Å². The number of aromatic amines is 1. The van der Waals surface area contributed by atoms with E-state index in [0.29, 0.717) is 29.4 Å². The summed E-state index contributed by atoms with van der Waals surface area (Å²) in [4.78, 5) is 4.04. The van der Waals surface area contributed by atoms with Gasteiger partial charge in [0.1, 0.15) is 23.8 Å². The van der Waals surface area contributed by atoms with Crippen molar-refractivity contribution >= 4 is 0 Å². The maximum Gasteiger partial charge on any atom is 0.173 e. The van der Waals surface area contributed by atoms with Crippen LogP contribution in [0.15, 0.2) is 79.3 Å². The summed E-state index contributed by atoms with van der Waals surface area (Å²) in [6.07, 6.45) is 5.09. The lowest BCUT2D eigenvalue weighted by Gasteiger charge is -2.08. The number of hydrogen-bond acceptors (Lipinski definition) is 5. The lowest BCUT2D eigenvalue weighted by atomic mass is 10.1. The van der Waals surface area contributed by atoms with Crippen molar-refractivity contribution in [2.24, 2.45) is 0 Å². The number of hydrogen-bond donors (Lipinski definition) is 1. The van der Waals surface area contributed by atoms with Gasteiger partial charge in [-0.05, 0) is 48.0 Å². The highest BCUT2D eigenvalue weighted by Crippen LogP contribution is 2.32. The van der Waals surface area contributed by atoms with E-state index < -0.39 is 0 Å². The Morgan fingerprint density at radius 3 is 2.68 bits per heavy atom. The Balaban J connectivity index is 1.51. The van der Waals surface area contributed by atoms with Gasteiger partial charge in [-0.25, -0.2) is 0 Å². The Bertz CT molecular complexity index is 1100. The summed E-state index contributed by atoms with van der Waals surface area (Å²) in [6.45, 7) is 0.426. The molecule has 1 N–H and O–H groups in total. The first kappa shape index (κ1) is 17.3. The normalized spacial score (nSPS) is 10.2. The topological polar surface area (TPSA) is 83.8 Å². The van der Waals surface area contributed by atoms with Gasteiger partial charge in [-0.1, -0.05) is 18.2 Å². The van der Waals surface area contributed by atoms with Crippen molar-refractivity contribution in [1.82, 2.24) is 15.2 Å². The monoisotopic (exact) mass is 368 g/mol. The van der Waals surface area contributed by atoms with Crippen molar-refractivity contribution in [2.75, 3.05) is 0 Å². The van der Waals surface area contributed by atoms with E-state index in [2.05, 4.69) is 21.3 Å². The predicted molar refractivity (Wildman–Crippen MR) is 104 cm³/mol. The molecule has 136 valence electrons. The first-order valence-electron chi connectivity index (χ1n) is 8.66. The van der Waals surface area contributed by atoms with Crippen molar-refractivity contribution < 1.29 is 9.47 Å². The maximum atomic E-state index is 8.90. The predicted octanol–water partition coefficient (Wildman–Crippen LogP) is 4.71. The molecule has 2 aromatic heterocycles. The summed E-state index contributed by atoms with van der Waals surface area (Å²) in [5.74, 6) is 1.96. The second-order valence-corrected chi connectivity index (χ2v) is 6.01. The fourth-order valence-electron chi connectivity index (χ4n) is 2.70. The highest BCUT2D eigenvalue weighted by Gasteiger charge is 2.12. The molecule has 6 nitrogen and oxygen atoms in total. The molecule has 0 radical (unpaired) electrons. The van der Waals surface area contributed by atoms with Gasteiger partial charge in [-0.2, -0.15) is 10.4 Å². The molecule has 0 aliphatic heterocycles. The van der Waals surface area contributed by atoms with Gasteiger partial charge >= 0.3 is 0 Å². The minimum absolute atomic E-state index is 0.426. The lowest BCUT2D eigenvalue weighted by Crippen LogP contribution is -1.96. The zero-order valence-electron chi connectivity index (χ0n) is 14.9. The van der Waals surface area contributed by atoms with Crippen molar-refractivity contribution in [3.8, 4) is 34.6 Å². The number of rotatable bonds is 6. The van der Waals surface area contributed by atoms with Gasteiger partial charge in [0.15, 0.2) is 5.75 Å². The molecular weight excluding hydrogens is 352 g/mol. The van der Waals surface area contributed by atoms with E-state index >= 15 is 0 Å². The molecule has 0 atom stereocenters. The molecule has 0 unspecified atom stereocenters. The highest BCUT2D eigenvalue weighted by molar-refractivity contribution is 5.67. The average molecular weight is 368 g/mol. The number of benzene rings is 2. The quantitative estimate of drug-likeness (QED) is 0.533. The third-order valence-corrected chi connectivity index (χ3v) is 4.06. The number of H-pyrrole nitrogens is 1. The minimum atomic E-state index is 0.426. The fraction of sp³-hybridized carbons (Fsp3) is 0.0455. The Kier molecular flexibility index (Phi) is 4.98. The molecule has 0 spiro atoms. The van der Waals surface area contributed by atoms with Crippen molar-refractivity contribution in [3.63, 3.8) is 0 Å². The first-order chi connectivity index (χ1) is 13.8. The van der Waals surface area contributed by atoms with Crippen LogP contribution in [0, 0.1) is 11.3 Å². The minimum Gasteiger partial charge on any atom is -0.487 e. The van der Waals surface area contributed by atoms with Crippen molar-refractivity contribution in [3.05, 3.63) is 90.4 Å².